The third kappa shape index (κ3) is 3.04. The van der Waals surface area contributed by atoms with Crippen LogP contribution in [0, 0.1) is 0 Å². The summed E-state index contributed by atoms with van der Waals surface area (Å²) in [4.78, 5) is 13.3. The third-order valence-electron chi connectivity index (χ3n) is 2.71. The summed E-state index contributed by atoms with van der Waals surface area (Å²) < 4.78 is 5.27. The molecule has 1 aliphatic rings. The molecule has 16 heavy (non-hydrogen) atoms. The molecule has 1 aromatic carbocycles. The number of carbonyl (C=O) groups excluding carboxylic acids is 1. The lowest BCUT2D eigenvalue weighted by Gasteiger charge is -2.31. The quantitative estimate of drug-likeness (QED) is 0.755. The second kappa shape index (κ2) is 6.63. The predicted octanol–water partition coefficient (Wildman–Crippen LogP) is 1.68. The van der Waals surface area contributed by atoms with Gasteiger partial charge in [0, 0.05) is 13.1 Å². The van der Waals surface area contributed by atoms with Gasteiger partial charge in [-0.15, -0.1) is 12.4 Å². The van der Waals surface area contributed by atoms with Crippen LogP contribution in [0.2, 0.25) is 0 Å². The van der Waals surface area contributed by atoms with Crippen LogP contribution in [0.25, 0.3) is 0 Å². The zero-order valence-corrected chi connectivity index (χ0v) is 9.86. The fourth-order valence-electron chi connectivity index (χ4n) is 1.88. The van der Waals surface area contributed by atoms with Crippen LogP contribution in [0.15, 0.2) is 30.3 Å². The molecule has 0 bridgehead atoms. The van der Waals surface area contributed by atoms with E-state index < -0.39 is 0 Å². The number of hydrogen-bond acceptors (Lipinski definition) is 3. The molecule has 4 heteroatoms. The Kier molecular flexibility index (Phi) is 5.46. The van der Waals surface area contributed by atoms with Crippen molar-refractivity contribution in [2.45, 2.75) is 6.04 Å². The van der Waals surface area contributed by atoms with E-state index in [1.807, 2.05) is 30.3 Å². The molecule has 1 atom stereocenters. The number of nitrogens with zero attached hydrogens (tertiary/aromatic N) is 1. The Labute approximate surface area is 102 Å². The zero-order valence-electron chi connectivity index (χ0n) is 9.04. The van der Waals surface area contributed by atoms with Crippen molar-refractivity contribution >= 4 is 18.7 Å². The Morgan fingerprint density at radius 2 is 1.81 bits per heavy atom. The molecule has 1 fully saturated rings. The van der Waals surface area contributed by atoms with Gasteiger partial charge in [-0.05, 0) is 5.56 Å². The van der Waals surface area contributed by atoms with Gasteiger partial charge in [0.2, 0.25) is 0 Å². The molecule has 0 amide bonds. The van der Waals surface area contributed by atoms with Crippen molar-refractivity contribution in [3.63, 3.8) is 0 Å². The maximum absolute atomic E-state index is 11.1. The molecule has 1 aromatic rings. The second-order valence-corrected chi connectivity index (χ2v) is 3.64. The summed E-state index contributed by atoms with van der Waals surface area (Å²) >= 11 is 0. The summed E-state index contributed by atoms with van der Waals surface area (Å²) in [6.45, 7) is 3.10. The Balaban J connectivity index is 0.00000128. The van der Waals surface area contributed by atoms with Gasteiger partial charge in [-0.1, -0.05) is 30.3 Å². The molecule has 88 valence electrons. The number of ether oxygens (including phenoxy) is 1. The van der Waals surface area contributed by atoms with E-state index in [0.717, 1.165) is 38.2 Å². The molecule has 1 aliphatic heterocycles. The highest BCUT2D eigenvalue weighted by Gasteiger charge is 2.21. The van der Waals surface area contributed by atoms with E-state index >= 15 is 0 Å². The van der Waals surface area contributed by atoms with Crippen molar-refractivity contribution in [3.05, 3.63) is 35.9 Å². The highest BCUT2D eigenvalue weighted by atomic mass is 35.5. The van der Waals surface area contributed by atoms with Crippen LogP contribution in [0.5, 0.6) is 0 Å². The number of morpholine rings is 1. The number of rotatable bonds is 3. The standard InChI is InChI=1S/C12H15NO2.ClH/c14-10-12(11-4-2-1-3-5-11)13-6-8-15-9-7-13;/h1-5,10,12H,6-9H2;1H. The molecule has 1 saturated heterocycles. The van der Waals surface area contributed by atoms with Gasteiger partial charge in [0.05, 0.1) is 19.3 Å². The van der Waals surface area contributed by atoms with E-state index in [4.69, 9.17) is 4.74 Å². The Bertz CT molecular complexity index is 312. The van der Waals surface area contributed by atoms with Crippen molar-refractivity contribution in [2.24, 2.45) is 0 Å². The highest BCUT2D eigenvalue weighted by Crippen LogP contribution is 2.19. The van der Waals surface area contributed by atoms with Gasteiger partial charge in [0.25, 0.3) is 0 Å². The lowest BCUT2D eigenvalue weighted by Crippen LogP contribution is -2.39. The van der Waals surface area contributed by atoms with Crippen molar-refractivity contribution < 1.29 is 9.53 Å². The second-order valence-electron chi connectivity index (χ2n) is 3.64. The van der Waals surface area contributed by atoms with E-state index in [2.05, 4.69) is 4.90 Å². The molecule has 0 aromatic heterocycles. The van der Waals surface area contributed by atoms with Gasteiger partial charge < -0.3 is 9.53 Å². The fraction of sp³-hybridized carbons (Fsp3) is 0.417. The van der Waals surface area contributed by atoms with Gasteiger partial charge in [-0.2, -0.15) is 0 Å². The Morgan fingerprint density at radius 1 is 1.19 bits per heavy atom. The zero-order chi connectivity index (χ0) is 10.5. The van der Waals surface area contributed by atoms with Crippen LogP contribution in [0.4, 0.5) is 0 Å². The number of aldehydes is 1. The van der Waals surface area contributed by atoms with Crippen LogP contribution in [0.3, 0.4) is 0 Å². The minimum atomic E-state index is -0.116. The lowest BCUT2D eigenvalue weighted by atomic mass is 10.1. The number of carbonyl (C=O) groups is 1. The van der Waals surface area contributed by atoms with E-state index in [1.54, 1.807) is 0 Å². The first-order valence-electron chi connectivity index (χ1n) is 5.24. The largest absolute Gasteiger partial charge is 0.379 e. The summed E-state index contributed by atoms with van der Waals surface area (Å²) in [5, 5.41) is 0. The molecule has 1 heterocycles. The molecule has 0 N–H and O–H groups in total. The van der Waals surface area contributed by atoms with Gasteiger partial charge >= 0.3 is 0 Å². The van der Waals surface area contributed by atoms with Crippen molar-refractivity contribution in [1.82, 2.24) is 4.90 Å². The van der Waals surface area contributed by atoms with Gasteiger partial charge in [0.15, 0.2) is 0 Å². The number of benzene rings is 1. The minimum absolute atomic E-state index is 0. The molecule has 0 saturated carbocycles. The predicted molar refractivity (Wildman–Crippen MR) is 64.9 cm³/mol. The molecular weight excluding hydrogens is 226 g/mol. The summed E-state index contributed by atoms with van der Waals surface area (Å²) in [6, 6.07) is 9.77. The first kappa shape index (κ1) is 13.2. The summed E-state index contributed by atoms with van der Waals surface area (Å²) in [7, 11) is 0. The number of halogens is 1. The van der Waals surface area contributed by atoms with E-state index in [0.29, 0.717) is 0 Å². The van der Waals surface area contributed by atoms with Crippen LogP contribution < -0.4 is 0 Å². The normalized spacial score (nSPS) is 18.5. The molecule has 3 nitrogen and oxygen atoms in total. The average molecular weight is 242 g/mol. The first-order chi connectivity index (χ1) is 7.42. The molecule has 0 aliphatic carbocycles. The maximum Gasteiger partial charge on any atom is 0.141 e. The highest BCUT2D eigenvalue weighted by molar-refractivity contribution is 5.85. The van der Waals surface area contributed by atoms with Crippen LogP contribution in [-0.2, 0) is 9.53 Å². The summed E-state index contributed by atoms with van der Waals surface area (Å²) in [6.07, 6.45) is 1.01. The molecule has 0 radical (unpaired) electrons. The lowest BCUT2D eigenvalue weighted by molar-refractivity contribution is -0.114. The van der Waals surface area contributed by atoms with Crippen LogP contribution in [-0.4, -0.2) is 37.5 Å². The summed E-state index contributed by atoms with van der Waals surface area (Å²) in [5.74, 6) is 0. The monoisotopic (exact) mass is 241 g/mol. The van der Waals surface area contributed by atoms with E-state index in [9.17, 15) is 4.79 Å². The van der Waals surface area contributed by atoms with Gasteiger partial charge in [-0.25, -0.2) is 0 Å². The molecule has 0 spiro atoms. The Hall–Kier alpha value is -0.900. The molecule has 1 unspecified atom stereocenters. The molecule has 2 rings (SSSR count). The van der Waals surface area contributed by atoms with Crippen molar-refractivity contribution in [3.8, 4) is 0 Å². The van der Waals surface area contributed by atoms with Gasteiger partial charge in [-0.3, -0.25) is 4.90 Å². The SMILES string of the molecule is Cl.O=CC(c1ccccc1)N1CCOCC1. The smallest absolute Gasteiger partial charge is 0.141 e. The minimum Gasteiger partial charge on any atom is -0.379 e. The van der Waals surface area contributed by atoms with Crippen LogP contribution in [0.1, 0.15) is 11.6 Å². The van der Waals surface area contributed by atoms with E-state index in [1.165, 1.54) is 0 Å². The summed E-state index contributed by atoms with van der Waals surface area (Å²) in [5.41, 5.74) is 1.06. The van der Waals surface area contributed by atoms with Crippen molar-refractivity contribution in [2.75, 3.05) is 26.3 Å². The first-order valence-corrected chi connectivity index (χ1v) is 5.24. The average Bonchev–Trinajstić information content (AvgIpc) is 2.33. The Morgan fingerprint density at radius 3 is 2.38 bits per heavy atom. The fourth-order valence-corrected chi connectivity index (χ4v) is 1.88. The molecular formula is C12H16ClNO2. The topological polar surface area (TPSA) is 29.5 Å². The third-order valence-corrected chi connectivity index (χ3v) is 2.71. The van der Waals surface area contributed by atoms with E-state index in [-0.39, 0.29) is 18.4 Å². The number of hydrogen-bond donors (Lipinski definition) is 0. The van der Waals surface area contributed by atoms with Crippen molar-refractivity contribution in [1.29, 1.82) is 0 Å². The maximum atomic E-state index is 11.1. The van der Waals surface area contributed by atoms with Crippen LogP contribution >= 0.6 is 12.4 Å². The van der Waals surface area contributed by atoms with Gasteiger partial charge in [0.1, 0.15) is 6.29 Å².